The summed E-state index contributed by atoms with van der Waals surface area (Å²) in [4.78, 5) is 11.0. The molecule has 5 nitrogen and oxygen atoms in total. The Morgan fingerprint density at radius 2 is 2.00 bits per heavy atom. The van der Waals surface area contributed by atoms with Crippen molar-refractivity contribution in [3.63, 3.8) is 0 Å². The molecule has 2 N–H and O–H groups in total. The highest BCUT2D eigenvalue weighted by Crippen LogP contribution is 2.17. The molecule has 1 aromatic rings. The maximum Gasteiger partial charge on any atom is 0.339 e. The Labute approximate surface area is 126 Å². The molecule has 0 heterocycles. The van der Waals surface area contributed by atoms with E-state index in [0.717, 1.165) is 26.2 Å². The molecule has 0 fully saturated rings. The van der Waals surface area contributed by atoms with E-state index < -0.39 is 5.97 Å². The minimum Gasteiger partial charge on any atom is -0.491 e. The van der Waals surface area contributed by atoms with Crippen LogP contribution in [0, 0.1) is 5.92 Å². The standard InChI is InChI=1S/C16H25NO4/c1-13(2)12-20-10-5-8-17-9-11-21-15-7-4-3-6-14(15)16(18)19/h3-4,6-7,13,17H,5,8-12H2,1-2H3,(H,18,19). The van der Waals surface area contributed by atoms with Crippen molar-refractivity contribution in [3.8, 4) is 5.75 Å². The highest BCUT2D eigenvalue weighted by molar-refractivity contribution is 5.90. The number of rotatable bonds is 11. The van der Waals surface area contributed by atoms with Crippen LogP contribution in [0.3, 0.4) is 0 Å². The van der Waals surface area contributed by atoms with Crippen LogP contribution in [0.4, 0.5) is 0 Å². The molecule has 0 aliphatic carbocycles. The predicted octanol–water partition coefficient (Wildman–Crippen LogP) is 2.42. The average Bonchev–Trinajstić information content (AvgIpc) is 2.45. The molecule has 0 bridgehead atoms. The molecule has 0 saturated carbocycles. The Morgan fingerprint density at radius 1 is 1.24 bits per heavy atom. The number of carboxylic acids is 1. The second-order valence-corrected chi connectivity index (χ2v) is 5.22. The third-order valence-corrected chi connectivity index (χ3v) is 2.75. The fraction of sp³-hybridized carbons (Fsp3) is 0.562. The molecule has 0 spiro atoms. The predicted molar refractivity (Wildman–Crippen MR) is 82.0 cm³/mol. The summed E-state index contributed by atoms with van der Waals surface area (Å²) < 4.78 is 11.0. The molecular weight excluding hydrogens is 270 g/mol. The van der Waals surface area contributed by atoms with Crippen molar-refractivity contribution in [2.75, 3.05) is 32.9 Å². The number of para-hydroxylation sites is 1. The number of benzene rings is 1. The van der Waals surface area contributed by atoms with Crippen LogP contribution < -0.4 is 10.1 Å². The minimum absolute atomic E-state index is 0.194. The van der Waals surface area contributed by atoms with Gasteiger partial charge in [-0.2, -0.15) is 0 Å². The van der Waals surface area contributed by atoms with Gasteiger partial charge in [0, 0.05) is 19.8 Å². The lowest BCUT2D eigenvalue weighted by molar-refractivity contribution is 0.0692. The molecule has 118 valence electrons. The third-order valence-electron chi connectivity index (χ3n) is 2.75. The number of hydrogen-bond acceptors (Lipinski definition) is 4. The van der Waals surface area contributed by atoms with E-state index in [0.29, 0.717) is 24.8 Å². The number of carboxylic acid groups (broad SMARTS) is 1. The lowest BCUT2D eigenvalue weighted by Gasteiger charge is -2.10. The van der Waals surface area contributed by atoms with Crippen molar-refractivity contribution in [2.24, 2.45) is 5.92 Å². The maximum atomic E-state index is 11.0. The minimum atomic E-state index is -0.971. The molecule has 0 atom stereocenters. The van der Waals surface area contributed by atoms with Gasteiger partial charge in [-0.25, -0.2) is 4.79 Å². The highest BCUT2D eigenvalue weighted by Gasteiger charge is 2.09. The van der Waals surface area contributed by atoms with Crippen molar-refractivity contribution >= 4 is 5.97 Å². The van der Waals surface area contributed by atoms with Gasteiger partial charge in [0.15, 0.2) is 0 Å². The molecule has 0 unspecified atom stereocenters. The molecule has 0 aromatic heterocycles. The summed E-state index contributed by atoms with van der Waals surface area (Å²) in [5.74, 6) is 0.00795. The summed E-state index contributed by atoms with van der Waals surface area (Å²) in [7, 11) is 0. The summed E-state index contributed by atoms with van der Waals surface area (Å²) in [5.41, 5.74) is 0.194. The van der Waals surface area contributed by atoms with Gasteiger partial charge in [0.1, 0.15) is 17.9 Å². The van der Waals surface area contributed by atoms with Crippen LogP contribution in [-0.2, 0) is 4.74 Å². The number of nitrogens with one attached hydrogen (secondary N) is 1. The van der Waals surface area contributed by atoms with Crippen molar-refractivity contribution in [1.29, 1.82) is 0 Å². The second-order valence-electron chi connectivity index (χ2n) is 5.22. The van der Waals surface area contributed by atoms with Crippen LogP contribution in [0.15, 0.2) is 24.3 Å². The third kappa shape index (κ3) is 7.68. The SMILES string of the molecule is CC(C)COCCCNCCOc1ccccc1C(=O)O. The second kappa shape index (κ2) is 10.2. The Hall–Kier alpha value is -1.59. The Kier molecular flexibility index (Phi) is 8.47. The number of ether oxygens (including phenoxy) is 2. The Balaban J connectivity index is 2.08. The molecule has 0 saturated heterocycles. The van der Waals surface area contributed by atoms with E-state index in [4.69, 9.17) is 14.6 Å². The zero-order chi connectivity index (χ0) is 15.5. The molecule has 0 radical (unpaired) electrons. The largest absolute Gasteiger partial charge is 0.491 e. The fourth-order valence-corrected chi connectivity index (χ4v) is 1.75. The van der Waals surface area contributed by atoms with Crippen LogP contribution in [0.25, 0.3) is 0 Å². The van der Waals surface area contributed by atoms with Crippen LogP contribution in [0.1, 0.15) is 30.6 Å². The average molecular weight is 295 g/mol. The van der Waals surface area contributed by atoms with E-state index >= 15 is 0 Å². The van der Waals surface area contributed by atoms with Gasteiger partial charge in [-0.05, 0) is 31.0 Å². The summed E-state index contributed by atoms with van der Waals surface area (Å²) in [6.07, 6.45) is 0.957. The normalized spacial score (nSPS) is 10.8. The van der Waals surface area contributed by atoms with E-state index in [1.165, 1.54) is 6.07 Å². The quantitative estimate of drug-likeness (QED) is 0.614. The van der Waals surface area contributed by atoms with Crippen LogP contribution in [-0.4, -0.2) is 44.0 Å². The van der Waals surface area contributed by atoms with Gasteiger partial charge in [-0.3, -0.25) is 0 Å². The highest BCUT2D eigenvalue weighted by atomic mass is 16.5. The molecule has 0 amide bonds. The summed E-state index contributed by atoms with van der Waals surface area (Å²) in [5, 5.41) is 12.3. The molecule has 0 aliphatic rings. The van der Waals surface area contributed by atoms with E-state index in [1.54, 1.807) is 18.2 Å². The molecule has 5 heteroatoms. The first-order valence-corrected chi connectivity index (χ1v) is 7.35. The monoisotopic (exact) mass is 295 g/mol. The summed E-state index contributed by atoms with van der Waals surface area (Å²) >= 11 is 0. The van der Waals surface area contributed by atoms with Gasteiger partial charge in [0.25, 0.3) is 0 Å². The number of hydrogen-bond donors (Lipinski definition) is 2. The molecule has 0 aliphatic heterocycles. The first-order chi connectivity index (χ1) is 10.1. The van der Waals surface area contributed by atoms with E-state index in [-0.39, 0.29) is 5.56 Å². The zero-order valence-corrected chi connectivity index (χ0v) is 12.8. The van der Waals surface area contributed by atoms with Crippen molar-refractivity contribution in [3.05, 3.63) is 29.8 Å². The van der Waals surface area contributed by atoms with Crippen molar-refractivity contribution < 1.29 is 19.4 Å². The fourth-order valence-electron chi connectivity index (χ4n) is 1.75. The summed E-state index contributed by atoms with van der Waals surface area (Å²) in [6.45, 7) is 7.80. The van der Waals surface area contributed by atoms with Gasteiger partial charge < -0.3 is 19.9 Å². The first kappa shape index (κ1) is 17.5. The van der Waals surface area contributed by atoms with Crippen molar-refractivity contribution in [2.45, 2.75) is 20.3 Å². The van der Waals surface area contributed by atoms with Crippen molar-refractivity contribution in [1.82, 2.24) is 5.32 Å². The lowest BCUT2D eigenvalue weighted by atomic mass is 10.2. The van der Waals surface area contributed by atoms with Gasteiger partial charge >= 0.3 is 5.97 Å². The smallest absolute Gasteiger partial charge is 0.339 e. The van der Waals surface area contributed by atoms with Crippen LogP contribution in [0.5, 0.6) is 5.75 Å². The Morgan fingerprint density at radius 3 is 2.71 bits per heavy atom. The Bertz CT molecular complexity index is 420. The zero-order valence-electron chi connectivity index (χ0n) is 12.8. The lowest BCUT2D eigenvalue weighted by Crippen LogP contribution is -2.23. The van der Waals surface area contributed by atoms with Gasteiger partial charge in [-0.1, -0.05) is 26.0 Å². The van der Waals surface area contributed by atoms with Crippen LogP contribution in [0.2, 0.25) is 0 Å². The van der Waals surface area contributed by atoms with Gasteiger partial charge in [-0.15, -0.1) is 0 Å². The number of aromatic carboxylic acids is 1. The van der Waals surface area contributed by atoms with Gasteiger partial charge in [0.2, 0.25) is 0 Å². The molecule has 21 heavy (non-hydrogen) atoms. The van der Waals surface area contributed by atoms with Gasteiger partial charge in [0.05, 0.1) is 0 Å². The topological polar surface area (TPSA) is 67.8 Å². The van der Waals surface area contributed by atoms with E-state index in [1.807, 2.05) is 0 Å². The number of carbonyl (C=O) groups is 1. The molecular formula is C16H25NO4. The first-order valence-electron chi connectivity index (χ1n) is 7.35. The summed E-state index contributed by atoms with van der Waals surface area (Å²) in [6, 6.07) is 6.66. The van der Waals surface area contributed by atoms with Crippen LogP contribution >= 0.6 is 0 Å². The molecule has 1 rings (SSSR count). The maximum absolute atomic E-state index is 11.0. The van der Waals surface area contributed by atoms with E-state index in [9.17, 15) is 4.79 Å². The molecule has 1 aromatic carbocycles. The van der Waals surface area contributed by atoms with E-state index in [2.05, 4.69) is 19.2 Å².